The first-order chi connectivity index (χ1) is 20.4. The molecule has 3 aromatic rings. The molecule has 0 radical (unpaired) electrons. The van der Waals surface area contributed by atoms with Crippen molar-refractivity contribution in [2.45, 2.75) is 58.1 Å². The average molecular weight is 643 g/mol. The fourth-order valence-corrected chi connectivity index (χ4v) is 5.34. The van der Waals surface area contributed by atoms with Gasteiger partial charge in [0.15, 0.2) is 12.0 Å². The molecule has 0 amide bonds. The second-order valence-corrected chi connectivity index (χ2v) is 10.8. The molecule has 0 aliphatic carbocycles. The van der Waals surface area contributed by atoms with Gasteiger partial charge in [0.25, 0.3) is 0 Å². The van der Waals surface area contributed by atoms with Crippen molar-refractivity contribution >= 4 is 28.5 Å². The Balaban J connectivity index is 0.000000241. The van der Waals surface area contributed by atoms with Crippen LogP contribution in [0, 0.1) is 5.92 Å². The first-order valence-corrected chi connectivity index (χ1v) is 14.9. The van der Waals surface area contributed by atoms with Crippen LogP contribution in [-0.4, -0.2) is 48.7 Å². The van der Waals surface area contributed by atoms with Gasteiger partial charge in [0.05, 0.1) is 32.5 Å². The summed E-state index contributed by atoms with van der Waals surface area (Å²) in [6.45, 7) is 5.99. The highest BCUT2D eigenvalue weighted by molar-refractivity contribution is 9.11. The summed E-state index contributed by atoms with van der Waals surface area (Å²) in [5.74, 6) is 0.240. The van der Waals surface area contributed by atoms with E-state index in [1.54, 1.807) is 18.2 Å². The first-order valence-electron chi connectivity index (χ1n) is 14.1. The number of hydrogen-bond acceptors (Lipinski definition) is 7. The van der Waals surface area contributed by atoms with Gasteiger partial charge in [0.2, 0.25) is 4.74 Å². The predicted octanol–water partition coefficient (Wildman–Crippen LogP) is 5.55. The summed E-state index contributed by atoms with van der Waals surface area (Å²) >= 11 is 2.96. The number of halogens is 2. The Morgan fingerprint density at radius 2 is 1.43 bits per heavy atom. The third kappa shape index (κ3) is 8.73. The quantitative estimate of drug-likeness (QED) is 0.296. The Hall–Kier alpha value is -2.57. The van der Waals surface area contributed by atoms with Crippen molar-refractivity contribution in [3.8, 4) is 0 Å². The minimum atomic E-state index is -1.49. The fourth-order valence-electron chi connectivity index (χ4n) is 5.02. The zero-order chi connectivity index (χ0) is 29.9. The van der Waals surface area contributed by atoms with Crippen molar-refractivity contribution in [3.05, 3.63) is 112 Å². The van der Waals surface area contributed by atoms with Crippen LogP contribution in [0.3, 0.4) is 0 Å². The summed E-state index contributed by atoms with van der Waals surface area (Å²) in [6.07, 6.45) is -0.771. The first kappa shape index (κ1) is 32.4. The van der Waals surface area contributed by atoms with E-state index < -0.39 is 24.2 Å². The molecule has 224 valence electrons. The van der Waals surface area contributed by atoms with Crippen LogP contribution in [0.25, 0.3) is 0 Å². The van der Waals surface area contributed by atoms with E-state index in [2.05, 4.69) is 22.9 Å². The van der Waals surface area contributed by atoms with Gasteiger partial charge >= 0.3 is 7.12 Å². The van der Waals surface area contributed by atoms with E-state index in [1.807, 2.05) is 73.7 Å². The van der Waals surface area contributed by atoms with Gasteiger partial charge in [-0.3, -0.25) is 0 Å². The zero-order valence-electron chi connectivity index (χ0n) is 23.8. The molecular weight excluding hydrogens is 606 g/mol. The van der Waals surface area contributed by atoms with Crippen LogP contribution in [0.2, 0.25) is 0 Å². The summed E-state index contributed by atoms with van der Waals surface area (Å²) in [7, 11) is -1.49. The molecule has 4 atom stereocenters. The molecule has 2 saturated heterocycles. The summed E-state index contributed by atoms with van der Waals surface area (Å²) < 4.78 is 42.6. The maximum Gasteiger partial charge on any atom is 0.488 e. The molecule has 2 N–H and O–H groups in total. The number of benzene rings is 3. The summed E-state index contributed by atoms with van der Waals surface area (Å²) in [5, 5.41) is 18.2. The van der Waals surface area contributed by atoms with Gasteiger partial charge in [-0.1, -0.05) is 98.8 Å². The topological polar surface area (TPSA) is 86.6 Å². The van der Waals surface area contributed by atoms with Crippen molar-refractivity contribution in [1.29, 1.82) is 0 Å². The van der Waals surface area contributed by atoms with E-state index in [1.165, 1.54) is 0 Å². The van der Waals surface area contributed by atoms with E-state index in [4.69, 9.17) is 33.7 Å². The lowest BCUT2D eigenvalue weighted by Crippen LogP contribution is -2.49. The van der Waals surface area contributed by atoms with Gasteiger partial charge in [0, 0.05) is 11.5 Å². The summed E-state index contributed by atoms with van der Waals surface area (Å²) in [5.41, 5.74) is 3.20. The zero-order valence-corrected chi connectivity index (χ0v) is 25.4. The molecule has 3 aromatic carbocycles. The molecule has 2 heterocycles. The van der Waals surface area contributed by atoms with E-state index in [9.17, 15) is 4.39 Å². The van der Waals surface area contributed by atoms with Gasteiger partial charge in [0.1, 0.15) is 12.2 Å². The maximum atomic E-state index is 14.3. The predicted molar refractivity (Wildman–Crippen MR) is 162 cm³/mol. The number of rotatable bonds is 9. The van der Waals surface area contributed by atoms with Crippen molar-refractivity contribution in [2.24, 2.45) is 5.92 Å². The second-order valence-electron chi connectivity index (χ2n) is 10.1. The van der Waals surface area contributed by atoms with Crippen LogP contribution < -0.4 is 5.46 Å². The van der Waals surface area contributed by atoms with Crippen LogP contribution in [-0.2, 0) is 36.9 Å². The van der Waals surface area contributed by atoms with E-state index >= 15 is 0 Å². The SMILES string of the molecule is CC[C@H]1OC(=C(F)Br)[C@H](OCc2ccccc2)[C@@H](OCc2ccccc2)[C@@H]1C.OB(O)c1ccccc1C1OCCO1. The normalized spacial score (nSPS) is 23.5. The van der Waals surface area contributed by atoms with Crippen molar-refractivity contribution in [1.82, 2.24) is 0 Å². The molecule has 10 heteroatoms. The van der Waals surface area contributed by atoms with Crippen molar-refractivity contribution < 1.29 is 38.1 Å². The van der Waals surface area contributed by atoms with Gasteiger partial charge in [-0.05, 0) is 38.9 Å². The van der Waals surface area contributed by atoms with Crippen LogP contribution in [0.15, 0.2) is 95.4 Å². The van der Waals surface area contributed by atoms with Crippen LogP contribution >= 0.6 is 15.9 Å². The third-order valence-electron chi connectivity index (χ3n) is 7.24. The monoisotopic (exact) mass is 642 g/mol. The highest BCUT2D eigenvalue weighted by Gasteiger charge is 2.44. The minimum absolute atomic E-state index is 0.0603. The Labute approximate surface area is 255 Å². The Kier molecular flexibility index (Phi) is 12.6. The van der Waals surface area contributed by atoms with Gasteiger partial charge < -0.3 is 33.7 Å². The lowest BCUT2D eigenvalue weighted by molar-refractivity contribution is -0.168. The summed E-state index contributed by atoms with van der Waals surface area (Å²) in [4.78, 5) is 0. The Bertz CT molecular complexity index is 1250. The van der Waals surface area contributed by atoms with Crippen molar-refractivity contribution in [3.63, 3.8) is 0 Å². The maximum absolute atomic E-state index is 14.3. The van der Waals surface area contributed by atoms with Crippen LogP contribution in [0.4, 0.5) is 4.39 Å². The molecular formula is C32H37BBrFO7. The molecule has 0 bridgehead atoms. The second kappa shape index (κ2) is 16.3. The lowest BCUT2D eigenvalue weighted by atomic mass is 9.77. The van der Waals surface area contributed by atoms with Gasteiger partial charge in [-0.2, -0.15) is 4.39 Å². The number of hydrogen-bond donors (Lipinski definition) is 2. The molecule has 0 saturated carbocycles. The molecule has 2 aliphatic rings. The summed E-state index contributed by atoms with van der Waals surface area (Å²) in [6, 6.07) is 26.8. The Morgan fingerprint density at radius 3 is 1.98 bits per heavy atom. The molecule has 42 heavy (non-hydrogen) atoms. The van der Waals surface area contributed by atoms with E-state index in [0.29, 0.717) is 37.5 Å². The third-order valence-corrected chi connectivity index (χ3v) is 7.63. The molecule has 2 fully saturated rings. The van der Waals surface area contributed by atoms with Crippen LogP contribution in [0.1, 0.15) is 43.2 Å². The standard InChI is InChI=1S/C23H26BrFO3.C9H11BO4/c1-3-19-16(2)20(26-14-17-10-6-4-7-11-17)21(22(28-19)23(24)25)27-15-18-12-8-5-9-13-18;11-10(12)8-4-2-1-3-7(8)9-13-5-6-14-9/h4-13,16,19-21H,3,14-15H2,1-2H3;1-4,9,11-12H,5-6H2/t16-,19-,20+,21-;/m1./s1. The van der Waals surface area contributed by atoms with Crippen molar-refractivity contribution in [2.75, 3.05) is 13.2 Å². The van der Waals surface area contributed by atoms with E-state index in [0.717, 1.165) is 17.5 Å². The largest absolute Gasteiger partial charge is 0.488 e. The van der Waals surface area contributed by atoms with E-state index in [-0.39, 0.29) is 23.9 Å². The molecule has 0 aromatic heterocycles. The fraction of sp³-hybridized carbons (Fsp3) is 0.375. The lowest BCUT2D eigenvalue weighted by Gasteiger charge is -2.42. The molecule has 0 unspecified atom stereocenters. The molecule has 7 nitrogen and oxygen atoms in total. The van der Waals surface area contributed by atoms with Gasteiger partial charge in [-0.25, -0.2) is 0 Å². The van der Waals surface area contributed by atoms with Crippen LogP contribution in [0.5, 0.6) is 0 Å². The molecule has 2 aliphatic heterocycles. The molecule has 0 spiro atoms. The van der Waals surface area contributed by atoms with Gasteiger partial charge in [-0.15, -0.1) is 0 Å². The molecule has 5 rings (SSSR count). The highest BCUT2D eigenvalue weighted by Crippen LogP contribution is 2.37. The highest BCUT2D eigenvalue weighted by atomic mass is 79.9. The average Bonchev–Trinajstić information content (AvgIpc) is 3.56. The minimum Gasteiger partial charge on any atom is -0.488 e. The smallest absolute Gasteiger partial charge is 0.488 e. The Morgan fingerprint density at radius 1 is 0.881 bits per heavy atom. The number of ether oxygens (including phenoxy) is 5.